The standard InChI is InChI=1S/C13H17N3O3/c1-8-3-4-10(7-11(8)16(18)19)9(2)15-12(17)13(14)5-6-13/h3-4,7,9H,5-6,14H2,1-2H3,(H,15,17). The van der Waals surface area contributed by atoms with Crippen molar-refractivity contribution in [1.82, 2.24) is 5.32 Å². The van der Waals surface area contributed by atoms with E-state index in [2.05, 4.69) is 5.32 Å². The first-order chi connectivity index (χ1) is 8.83. The lowest BCUT2D eigenvalue weighted by atomic mass is 10.0. The van der Waals surface area contributed by atoms with Gasteiger partial charge in [-0.2, -0.15) is 0 Å². The molecule has 1 aliphatic rings. The largest absolute Gasteiger partial charge is 0.348 e. The van der Waals surface area contributed by atoms with Crippen molar-refractivity contribution in [3.8, 4) is 0 Å². The molecule has 1 aliphatic carbocycles. The van der Waals surface area contributed by atoms with Crippen LogP contribution >= 0.6 is 0 Å². The molecular weight excluding hydrogens is 246 g/mol. The molecule has 2 rings (SSSR count). The molecule has 1 amide bonds. The molecule has 1 saturated carbocycles. The molecule has 0 aliphatic heterocycles. The summed E-state index contributed by atoms with van der Waals surface area (Å²) in [7, 11) is 0. The highest BCUT2D eigenvalue weighted by Crippen LogP contribution is 2.33. The van der Waals surface area contributed by atoms with Gasteiger partial charge in [0.1, 0.15) is 0 Å². The SMILES string of the molecule is Cc1ccc(C(C)NC(=O)C2(N)CC2)cc1[N+](=O)[O-]. The van der Waals surface area contributed by atoms with Crippen LogP contribution in [0.4, 0.5) is 5.69 Å². The molecule has 19 heavy (non-hydrogen) atoms. The second-order valence-electron chi connectivity index (χ2n) is 5.15. The van der Waals surface area contributed by atoms with Crippen molar-refractivity contribution in [2.24, 2.45) is 5.73 Å². The molecule has 0 spiro atoms. The van der Waals surface area contributed by atoms with Gasteiger partial charge in [0.15, 0.2) is 0 Å². The van der Waals surface area contributed by atoms with Gasteiger partial charge in [-0.3, -0.25) is 14.9 Å². The average molecular weight is 263 g/mol. The molecule has 102 valence electrons. The van der Waals surface area contributed by atoms with Gasteiger partial charge in [-0.15, -0.1) is 0 Å². The van der Waals surface area contributed by atoms with Gasteiger partial charge in [0.05, 0.1) is 16.5 Å². The van der Waals surface area contributed by atoms with Crippen molar-refractivity contribution in [3.63, 3.8) is 0 Å². The van der Waals surface area contributed by atoms with E-state index >= 15 is 0 Å². The van der Waals surface area contributed by atoms with Gasteiger partial charge in [0, 0.05) is 11.6 Å². The quantitative estimate of drug-likeness (QED) is 0.636. The Morgan fingerprint density at radius 2 is 2.16 bits per heavy atom. The Kier molecular flexibility index (Phi) is 3.28. The number of benzene rings is 1. The van der Waals surface area contributed by atoms with E-state index in [1.807, 2.05) is 0 Å². The highest BCUT2D eigenvalue weighted by molar-refractivity contribution is 5.89. The van der Waals surface area contributed by atoms with Crippen LogP contribution in [0.5, 0.6) is 0 Å². The zero-order chi connectivity index (χ0) is 14.2. The van der Waals surface area contributed by atoms with Crippen LogP contribution in [0.1, 0.15) is 36.9 Å². The molecule has 0 radical (unpaired) electrons. The number of carbonyl (C=O) groups excluding carboxylic acids is 1. The lowest BCUT2D eigenvalue weighted by Crippen LogP contribution is -2.43. The summed E-state index contributed by atoms with van der Waals surface area (Å²) in [5, 5.41) is 13.7. The lowest BCUT2D eigenvalue weighted by molar-refractivity contribution is -0.385. The number of rotatable bonds is 4. The summed E-state index contributed by atoms with van der Waals surface area (Å²) in [5.74, 6) is -0.191. The fourth-order valence-electron chi connectivity index (χ4n) is 1.88. The van der Waals surface area contributed by atoms with E-state index in [0.717, 1.165) is 0 Å². The number of hydrogen-bond acceptors (Lipinski definition) is 4. The fraction of sp³-hybridized carbons (Fsp3) is 0.462. The van der Waals surface area contributed by atoms with E-state index in [4.69, 9.17) is 5.73 Å². The number of nitrogens with two attached hydrogens (primary N) is 1. The summed E-state index contributed by atoms with van der Waals surface area (Å²) < 4.78 is 0. The van der Waals surface area contributed by atoms with Gasteiger partial charge < -0.3 is 11.1 Å². The van der Waals surface area contributed by atoms with E-state index in [9.17, 15) is 14.9 Å². The molecule has 3 N–H and O–H groups in total. The van der Waals surface area contributed by atoms with Gasteiger partial charge in [-0.25, -0.2) is 0 Å². The monoisotopic (exact) mass is 263 g/mol. The number of aryl methyl sites for hydroxylation is 1. The summed E-state index contributed by atoms with van der Waals surface area (Å²) in [4.78, 5) is 22.3. The van der Waals surface area contributed by atoms with E-state index in [1.54, 1.807) is 26.0 Å². The lowest BCUT2D eigenvalue weighted by Gasteiger charge is -2.17. The minimum atomic E-state index is -0.731. The first-order valence-electron chi connectivity index (χ1n) is 6.18. The third-order valence-corrected chi connectivity index (χ3v) is 3.52. The molecule has 1 fully saturated rings. The Bertz CT molecular complexity index is 538. The van der Waals surface area contributed by atoms with Crippen molar-refractivity contribution in [2.45, 2.75) is 38.3 Å². The van der Waals surface area contributed by atoms with Crippen LogP contribution in [0, 0.1) is 17.0 Å². The molecule has 1 unspecified atom stereocenters. The molecule has 1 aromatic rings. The van der Waals surface area contributed by atoms with Gasteiger partial charge in [-0.05, 0) is 32.3 Å². The second kappa shape index (κ2) is 4.62. The third-order valence-electron chi connectivity index (χ3n) is 3.52. The number of nitrogens with one attached hydrogen (secondary N) is 1. The summed E-state index contributed by atoms with van der Waals surface area (Å²) in [6.45, 7) is 3.47. The Labute approximate surface area is 111 Å². The van der Waals surface area contributed by atoms with Gasteiger partial charge >= 0.3 is 0 Å². The smallest absolute Gasteiger partial charge is 0.272 e. The fourth-order valence-corrected chi connectivity index (χ4v) is 1.88. The first kappa shape index (κ1) is 13.5. The van der Waals surface area contributed by atoms with Crippen LogP contribution < -0.4 is 11.1 Å². The summed E-state index contributed by atoms with van der Waals surface area (Å²) >= 11 is 0. The van der Waals surface area contributed by atoms with Crippen LogP contribution in [0.2, 0.25) is 0 Å². The molecule has 0 heterocycles. The number of nitro benzene ring substituents is 1. The Morgan fingerprint density at radius 3 is 2.68 bits per heavy atom. The van der Waals surface area contributed by atoms with Crippen molar-refractivity contribution < 1.29 is 9.72 Å². The maximum absolute atomic E-state index is 11.8. The minimum absolute atomic E-state index is 0.0625. The minimum Gasteiger partial charge on any atom is -0.348 e. The molecule has 1 atom stereocenters. The summed E-state index contributed by atoms with van der Waals surface area (Å²) in [5.41, 5.74) is 6.43. The summed E-state index contributed by atoms with van der Waals surface area (Å²) in [6.07, 6.45) is 1.39. The normalized spacial score (nSPS) is 17.6. The maximum atomic E-state index is 11.8. The van der Waals surface area contributed by atoms with Crippen LogP contribution in [0.3, 0.4) is 0 Å². The Balaban J connectivity index is 2.15. The van der Waals surface area contributed by atoms with E-state index in [0.29, 0.717) is 24.0 Å². The van der Waals surface area contributed by atoms with E-state index in [-0.39, 0.29) is 17.6 Å². The van der Waals surface area contributed by atoms with Crippen LogP contribution in [0.15, 0.2) is 18.2 Å². The van der Waals surface area contributed by atoms with Gasteiger partial charge in [0.25, 0.3) is 5.69 Å². The highest BCUT2D eigenvalue weighted by atomic mass is 16.6. The number of nitro groups is 1. The average Bonchev–Trinajstić information content (AvgIpc) is 3.08. The first-order valence-corrected chi connectivity index (χ1v) is 6.18. The number of hydrogen-bond donors (Lipinski definition) is 2. The number of amides is 1. The second-order valence-corrected chi connectivity index (χ2v) is 5.15. The Morgan fingerprint density at radius 1 is 1.53 bits per heavy atom. The number of carbonyl (C=O) groups is 1. The van der Waals surface area contributed by atoms with Crippen molar-refractivity contribution in [2.75, 3.05) is 0 Å². The predicted octanol–water partition coefficient (Wildman–Crippen LogP) is 1.57. The van der Waals surface area contributed by atoms with Crippen molar-refractivity contribution in [1.29, 1.82) is 0 Å². The zero-order valence-electron chi connectivity index (χ0n) is 11.0. The van der Waals surface area contributed by atoms with E-state index in [1.165, 1.54) is 6.07 Å². The topological polar surface area (TPSA) is 98.3 Å². The molecule has 0 saturated heterocycles. The maximum Gasteiger partial charge on any atom is 0.272 e. The molecule has 6 nitrogen and oxygen atoms in total. The number of nitrogens with zero attached hydrogens (tertiary/aromatic N) is 1. The molecule has 0 aromatic heterocycles. The third kappa shape index (κ3) is 2.73. The van der Waals surface area contributed by atoms with Gasteiger partial charge in [0.2, 0.25) is 5.91 Å². The van der Waals surface area contributed by atoms with Crippen LogP contribution in [0.25, 0.3) is 0 Å². The summed E-state index contributed by atoms with van der Waals surface area (Å²) in [6, 6.07) is 4.67. The Hall–Kier alpha value is -1.95. The van der Waals surface area contributed by atoms with Gasteiger partial charge in [-0.1, -0.05) is 12.1 Å². The van der Waals surface area contributed by atoms with E-state index < -0.39 is 10.5 Å². The predicted molar refractivity (Wildman–Crippen MR) is 70.5 cm³/mol. The molecule has 1 aromatic carbocycles. The van der Waals surface area contributed by atoms with Crippen LogP contribution in [-0.2, 0) is 4.79 Å². The molecule has 6 heteroatoms. The van der Waals surface area contributed by atoms with Crippen molar-refractivity contribution >= 4 is 11.6 Å². The zero-order valence-corrected chi connectivity index (χ0v) is 11.0. The van der Waals surface area contributed by atoms with Crippen molar-refractivity contribution in [3.05, 3.63) is 39.4 Å². The van der Waals surface area contributed by atoms with Crippen LogP contribution in [-0.4, -0.2) is 16.4 Å². The highest BCUT2D eigenvalue weighted by Gasteiger charge is 2.46. The molecule has 0 bridgehead atoms. The molecular formula is C13H17N3O3.